The first kappa shape index (κ1) is 15.9. The molecule has 0 fully saturated rings. The van der Waals surface area contributed by atoms with Crippen LogP contribution >= 0.6 is 0 Å². The Labute approximate surface area is 114 Å². The van der Waals surface area contributed by atoms with E-state index >= 15 is 0 Å². The average molecular weight is 269 g/mol. The van der Waals surface area contributed by atoms with E-state index in [0.29, 0.717) is 30.7 Å². The maximum atomic E-state index is 13.9. The van der Waals surface area contributed by atoms with E-state index < -0.39 is 5.60 Å². The minimum Gasteiger partial charge on any atom is -0.496 e. The van der Waals surface area contributed by atoms with Crippen LogP contribution in [-0.2, 0) is 0 Å². The van der Waals surface area contributed by atoms with Gasteiger partial charge in [0.25, 0.3) is 0 Å². The van der Waals surface area contributed by atoms with Crippen LogP contribution < -0.4 is 10.1 Å². The smallest absolute Gasteiger partial charge is 0.131 e. The second kappa shape index (κ2) is 6.87. The standard InChI is InChI=1S/C15H24FNO2/c1-5-15(18,6-2)10-17-11(3)14-12(16)8-7-9-13(14)19-4/h7-9,11,17-18H,5-6,10H2,1-4H3. The number of halogens is 1. The number of rotatable bonds is 7. The molecule has 1 rings (SSSR count). The van der Waals surface area contributed by atoms with Crippen LogP contribution in [0.1, 0.15) is 45.2 Å². The van der Waals surface area contributed by atoms with Gasteiger partial charge in [-0.25, -0.2) is 4.39 Å². The van der Waals surface area contributed by atoms with Gasteiger partial charge in [-0.2, -0.15) is 0 Å². The molecule has 0 aliphatic carbocycles. The van der Waals surface area contributed by atoms with Crippen molar-refractivity contribution in [3.63, 3.8) is 0 Å². The van der Waals surface area contributed by atoms with Crippen molar-refractivity contribution >= 4 is 0 Å². The fourth-order valence-electron chi connectivity index (χ4n) is 2.06. The Kier molecular flexibility index (Phi) is 5.76. The molecule has 1 unspecified atom stereocenters. The Morgan fingerprint density at radius 2 is 2.00 bits per heavy atom. The van der Waals surface area contributed by atoms with E-state index in [1.807, 2.05) is 20.8 Å². The van der Waals surface area contributed by atoms with E-state index in [1.54, 1.807) is 12.1 Å². The number of methoxy groups -OCH3 is 1. The van der Waals surface area contributed by atoms with Crippen molar-refractivity contribution in [3.05, 3.63) is 29.6 Å². The molecule has 0 saturated heterocycles. The van der Waals surface area contributed by atoms with Gasteiger partial charge in [-0.15, -0.1) is 0 Å². The molecule has 4 heteroatoms. The third-order valence-corrected chi connectivity index (χ3v) is 3.72. The summed E-state index contributed by atoms with van der Waals surface area (Å²) in [7, 11) is 1.53. The quantitative estimate of drug-likeness (QED) is 0.799. The highest BCUT2D eigenvalue weighted by Gasteiger charge is 2.24. The normalized spacial score (nSPS) is 13.4. The molecule has 0 radical (unpaired) electrons. The summed E-state index contributed by atoms with van der Waals surface area (Å²) in [6.45, 7) is 6.18. The van der Waals surface area contributed by atoms with Crippen LogP contribution in [0.4, 0.5) is 4.39 Å². The number of aliphatic hydroxyl groups is 1. The van der Waals surface area contributed by atoms with E-state index in [0.717, 1.165) is 0 Å². The van der Waals surface area contributed by atoms with Crippen LogP contribution in [0.3, 0.4) is 0 Å². The Hall–Kier alpha value is -1.13. The molecule has 1 atom stereocenters. The number of hydrogen-bond donors (Lipinski definition) is 2. The fourth-order valence-corrected chi connectivity index (χ4v) is 2.06. The predicted molar refractivity (Wildman–Crippen MR) is 74.9 cm³/mol. The molecule has 0 spiro atoms. The molecule has 0 bridgehead atoms. The Balaban J connectivity index is 2.81. The number of hydrogen-bond acceptors (Lipinski definition) is 3. The zero-order chi connectivity index (χ0) is 14.5. The van der Waals surface area contributed by atoms with Crippen molar-refractivity contribution in [3.8, 4) is 5.75 Å². The summed E-state index contributed by atoms with van der Waals surface area (Å²) in [5.74, 6) is 0.229. The summed E-state index contributed by atoms with van der Waals surface area (Å²) in [5, 5.41) is 13.4. The van der Waals surface area contributed by atoms with Gasteiger partial charge in [0.15, 0.2) is 0 Å². The summed E-state index contributed by atoms with van der Waals surface area (Å²) >= 11 is 0. The first-order valence-electron chi connectivity index (χ1n) is 6.75. The summed E-state index contributed by atoms with van der Waals surface area (Å²) in [4.78, 5) is 0. The van der Waals surface area contributed by atoms with Gasteiger partial charge >= 0.3 is 0 Å². The molecule has 0 saturated carbocycles. The van der Waals surface area contributed by atoms with Gasteiger partial charge in [0, 0.05) is 18.2 Å². The van der Waals surface area contributed by atoms with Gasteiger partial charge in [-0.1, -0.05) is 19.9 Å². The van der Waals surface area contributed by atoms with Crippen LogP contribution in [0.15, 0.2) is 18.2 Å². The zero-order valence-electron chi connectivity index (χ0n) is 12.2. The first-order valence-corrected chi connectivity index (χ1v) is 6.75. The van der Waals surface area contributed by atoms with Crippen LogP contribution in [-0.4, -0.2) is 24.4 Å². The molecule has 1 aromatic rings. The monoisotopic (exact) mass is 269 g/mol. The average Bonchev–Trinajstić information content (AvgIpc) is 2.44. The number of nitrogens with one attached hydrogen (secondary N) is 1. The van der Waals surface area contributed by atoms with Crippen molar-refractivity contribution < 1.29 is 14.2 Å². The van der Waals surface area contributed by atoms with Crippen LogP contribution in [0.25, 0.3) is 0 Å². The molecule has 3 nitrogen and oxygen atoms in total. The lowest BCUT2D eigenvalue weighted by Crippen LogP contribution is -2.40. The Morgan fingerprint density at radius 1 is 1.37 bits per heavy atom. The highest BCUT2D eigenvalue weighted by molar-refractivity contribution is 5.36. The second-order valence-electron chi connectivity index (χ2n) is 4.89. The van der Waals surface area contributed by atoms with E-state index in [1.165, 1.54) is 13.2 Å². The lowest BCUT2D eigenvalue weighted by Gasteiger charge is -2.28. The van der Waals surface area contributed by atoms with Crippen molar-refractivity contribution in [1.29, 1.82) is 0 Å². The Morgan fingerprint density at radius 3 is 2.53 bits per heavy atom. The molecule has 108 valence electrons. The van der Waals surface area contributed by atoms with E-state index in [9.17, 15) is 9.50 Å². The molecule has 1 aromatic carbocycles. The summed E-state index contributed by atoms with van der Waals surface area (Å²) in [6, 6.07) is 4.56. The van der Waals surface area contributed by atoms with Crippen molar-refractivity contribution in [2.24, 2.45) is 0 Å². The molecule has 0 aliphatic heterocycles. The van der Waals surface area contributed by atoms with Gasteiger partial charge in [0.2, 0.25) is 0 Å². The van der Waals surface area contributed by atoms with Crippen LogP contribution in [0.2, 0.25) is 0 Å². The van der Waals surface area contributed by atoms with Gasteiger partial charge in [0.1, 0.15) is 11.6 Å². The number of ether oxygens (including phenoxy) is 1. The minimum atomic E-state index is -0.743. The SMILES string of the molecule is CCC(O)(CC)CNC(C)c1c(F)cccc1OC. The van der Waals surface area contributed by atoms with Crippen molar-refractivity contribution in [2.75, 3.05) is 13.7 Å². The largest absolute Gasteiger partial charge is 0.496 e. The van der Waals surface area contributed by atoms with Gasteiger partial charge < -0.3 is 15.2 Å². The van der Waals surface area contributed by atoms with E-state index in [2.05, 4.69) is 5.32 Å². The van der Waals surface area contributed by atoms with Crippen LogP contribution in [0.5, 0.6) is 5.75 Å². The molecule has 0 aliphatic rings. The van der Waals surface area contributed by atoms with E-state index in [4.69, 9.17) is 4.74 Å². The lowest BCUT2D eigenvalue weighted by atomic mass is 9.96. The maximum absolute atomic E-state index is 13.9. The lowest BCUT2D eigenvalue weighted by molar-refractivity contribution is 0.0301. The number of benzene rings is 1. The molecule has 19 heavy (non-hydrogen) atoms. The van der Waals surface area contributed by atoms with E-state index in [-0.39, 0.29) is 11.9 Å². The molecule has 0 aromatic heterocycles. The fraction of sp³-hybridized carbons (Fsp3) is 0.600. The molecular formula is C15H24FNO2. The second-order valence-corrected chi connectivity index (χ2v) is 4.89. The highest BCUT2D eigenvalue weighted by atomic mass is 19.1. The highest BCUT2D eigenvalue weighted by Crippen LogP contribution is 2.28. The van der Waals surface area contributed by atoms with Gasteiger partial charge in [-0.05, 0) is 31.9 Å². The van der Waals surface area contributed by atoms with Gasteiger partial charge in [0.05, 0.1) is 12.7 Å². The topological polar surface area (TPSA) is 41.5 Å². The Bertz CT molecular complexity index is 405. The predicted octanol–water partition coefficient (Wildman–Crippen LogP) is 3.04. The summed E-state index contributed by atoms with van der Waals surface area (Å²) in [5.41, 5.74) is -0.244. The third-order valence-electron chi connectivity index (χ3n) is 3.72. The first-order chi connectivity index (χ1) is 8.97. The minimum absolute atomic E-state index is 0.222. The van der Waals surface area contributed by atoms with Crippen LogP contribution in [0, 0.1) is 5.82 Å². The summed E-state index contributed by atoms with van der Waals surface area (Å²) in [6.07, 6.45) is 1.33. The zero-order valence-corrected chi connectivity index (χ0v) is 12.2. The molecule has 0 heterocycles. The molecule has 0 amide bonds. The van der Waals surface area contributed by atoms with Crippen molar-refractivity contribution in [1.82, 2.24) is 5.32 Å². The summed E-state index contributed by atoms with van der Waals surface area (Å²) < 4.78 is 19.1. The molecular weight excluding hydrogens is 245 g/mol. The maximum Gasteiger partial charge on any atom is 0.131 e. The molecule has 2 N–H and O–H groups in total. The van der Waals surface area contributed by atoms with Gasteiger partial charge in [-0.3, -0.25) is 0 Å². The van der Waals surface area contributed by atoms with Crippen molar-refractivity contribution in [2.45, 2.75) is 45.3 Å². The third kappa shape index (κ3) is 3.91.